The highest BCUT2D eigenvalue weighted by molar-refractivity contribution is 5.17. The van der Waals surface area contributed by atoms with Crippen LogP contribution in [-0.4, -0.2) is 6.61 Å². The Labute approximate surface area is 80.7 Å². The van der Waals surface area contributed by atoms with Crippen LogP contribution in [0.5, 0.6) is 0 Å². The third kappa shape index (κ3) is 2.85. The molecule has 1 heteroatoms. The molecule has 72 valence electrons. The minimum atomic E-state index is 0.242. The molecule has 0 saturated carbocycles. The van der Waals surface area contributed by atoms with E-state index in [0.29, 0.717) is 5.92 Å². The Morgan fingerprint density at radius 3 is 2.23 bits per heavy atom. The van der Waals surface area contributed by atoms with Crippen molar-refractivity contribution < 1.29 is 4.74 Å². The number of benzene rings is 1. The highest BCUT2D eigenvalue weighted by atomic mass is 16.5. The standard InChI is InChI=1S/C12H18O/c1-4-13-12(10(2)3)11-8-6-5-7-9-11/h5-10,12H,4H2,1-3H3. The first-order valence-corrected chi connectivity index (χ1v) is 4.92. The van der Waals surface area contributed by atoms with Crippen molar-refractivity contribution in [3.05, 3.63) is 35.9 Å². The fourth-order valence-electron chi connectivity index (χ4n) is 1.50. The second-order valence-electron chi connectivity index (χ2n) is 3.53. The van der Waals surface area contributed by atoms with Gasteiger partial charge in [-0.25, -0.2) is 0 Å². The molecule has 0 aromatic heterocycles. The fourth-order valence-corrected chi connectivity index (χ4v) is 1.50. The summed E-state index contributed by atoms with van der Waals surface area (Å²) >= 11 is 0. The average molecular weight is 178 g/mol. The number of hydrogen-bond donors (Lipinski definition) is 0. The second kappa shape index (κ2) is 5.03. The first-order chi connectivity index (χ1) is 6.25. The monoisotopic (exact) mass is 178 g/mol. The van der Waals surface area contributed by atoms with Crippen molar-refractivity contribution in [2.75, 3.05) is 6.61 Å². The Bertz CT molecular complexity index is 228. The predicted octanol–water partition coefficient (Wildman–Crippen LogP) is 3.42. The van der Waals surface area contributed by atoms with E-state index in [4.69, 9.17) is 4.74 Å². The lowest BCUT2D eigenvalue weighted by Gasteiger charge is -2.20. The Hall–Kier alpha value is -0.820. The Morgan fingerprint density at radius 2 is 1.77 bits per heavy atom. The molecule has 13 heavy (non-hydrogen) atoms. The Balaban J connectivity index is 2.76. The van der Waals surface area contributed by atoms with E-state index in [1.54, 1.807) is 0 Å². The Morgan fingerprint density at radius 1 is 1.15 bits per heavy atom. The van der Waals surface area contributed by atoms with Crippen molar-refractivity contribution >= 4 is 0 Å². The summed E-state index contributed by atoms with van der Waals surface area (Å²) < 4.78 is 5.69. The molecule has 0 saturated heterocycles. The summed E-state index contributed by atoms with van der Waals surface area (Å²) in [5.74, 6) is 0.530. The van der Waals surface area contributed by atoms with Gasteiger partial charge in [0.05, 0.1) is 6.10 Å². The van der Waals surface area contributed by atoms with Gasteiger partial charge in [-0.2, -0.15) is 0 Å². The number of ether oxygens (including phenoxy) is 1. The zero-order valence-electron chi connectivity index (χ0n) is 8.66. The predicted molar refractivity (Wildman–Crippen MR) is 55.6 cm³/mol. The van der Waals surface area contributed by atoms with Gasteiger partial charge in [0.25, 0.3) is 0 Å². The molecular weight excluding hydrogens is 160 g/mol. The Kier molecular flexibility index (Phi) is 3.97. The molecule has 1 unspecified atom stereocenters. The molecule has 0 spiro atoms. The maximum atomic E-state index is 5.69. The molecule has 0 aliphatic rings. The molecule has 0 fully saturated rings. The maximum Gasteiger partial charge on any atom is 0.0847 e. The van der Waals surface area contributed by atoms with Gasteiger partial charge in [0.2, 0.25) is 0 Å². The lowest BCUT2D eigenvalue weighted by atomic mass is 9.99. The lowest BCUT2D eigenvalue weighted by molar-refractivity contribution is 0.0294. The summed E-state index contributed by atoms with van der Waals surface area (Å²) in [7, 11) is 0. The van der Waals surface area contributed by atoms with Crippen LogP contribution in [0.25, 0.3) is 0 Å². The van der Waals surface area contributed by atoms with Crippen molar-refractivity contribution in [1.29, 1.82) is 0 Å². The summed E-state index contributed by atoms with van der Waals surface area (Å²) in [4.78, 5) is 0. The van der Waals surface area contributed by atoms with Gasteiger partial charge in [0, 0.05) is 6.61 Å². The summed E-state index contributed by atoms with van der Waals surface area (Å²) in [5.41, 5.74) is 1.28. The quantitative estimate of drug-likeness (QED) is 0.686. The van der Waals surface area contributed by atoms with Crippen molar-refractivity contribution in [3.63, 3.8) is 0 Å². The van der Waals surface area contributed by atoms with E-state index in [1.165, 1.54) is 5.56 Å². The summed E-state index contributed by atoms with van der Waals surface area (Å²) in [5, 5.41) is 0. The molecule has 0 aliphatic carbocycles. The van der Waals surface area contributed by atoms with Gasteiger partial charge in [0.1, 0.15) is 0 Å². The van der Waals surface area contributed by atoms with Crippen LogP contribution < -0.4 is 0 Å². The highest BCUT2D eigenvalue weighted by Crippen LogP contribution is 2.24. The fraction of sp³-hybridized carbons (Fsp3) is 0.500. The minimum Gasteiger partial charge on any atom is -0.374 e. The van der Waals surface area contributed by atoms with Gasteiger partial charge in [-0.3, -0.25) is 0 Å². The zero-order valence-corrected chi connectivity index (χ0v) is 8.66. The van der Waals surface area contributed by atoms with E-state index in [9.17, 15) is 0 Å². The van der Waals surface area contributed by atoms with Crippen LogP contribution in [0.1, 0.15) is 32.4 Å². The molecule has 1 aromatic rings. The molecule has 1 nitrogen and oxygen atoms in total. The van der Waals surface area contributed by atoms with Crippen molar-refractivity contribution in [2.24, 2.45) is 5.92 Å². The van der Waals surface area contributed by atoms with E-state index in [2.05, 4.69) is 38.1 Å². The highest BCUT2D eigenvalue weighted by Gasteiger charge is 2.14. The van der Waals surface area contributed by atoms with Gasteiger partial charge in [-0.1, -0.05) is 44.2 Å². The van der Waals surface area contributed by atoms with Crippen LogP contribution in [-0.2, 0) is 4.74 Å². The molecule has 0 heterocycles. The van der Waals surface area contributed by atoms with E-state index in [0.717, 1.165) is 6.61 Å². The molecule has 0 amide bonds. The lowest BCUT2D eigenvalue weighted by Crippen LogP contribution is -2.10. The van der Waals surface area contributed by atoms with Gasteiger partial charge in [0.15, 0.2) is 0 Å². The van der Waals surface area contributed by atoms with Crippen LogP contribution in [0, 0.1) is 5.92 Å². The van der Waals surface area contributed by atoms with Gasteiger partial charge >= 0.3 is 0 Å². The third-order valence-corrected chi connectivity index (χ3v) is 2.08. The normalized spacial score (nSPS) is 13.2. The first-order valence-electron chi connectivity index (χ1n) is 4.92. The largest absolute Gasteiger partial charge is 0.374 e. The van der Waals surface area contributed by atoms with Crippen molar-refractivity contribution in [3.8, 4) is 0 Å². The first kappa shape index (κ1) is 10.3. The molecule has 1 rings (SSSR count). The molecule has 0 radical (unpaired) electrons. The van der Waals surface area contributed by atoms with Gasteiger partial charge < -0.3 is 4.74 Å². The SMILES string of the molecule is CCOC(c1ccccc1)C(C)C. The van der Waals surface area contributed by atoms with Crippen LogP contribution in [0.4, 0.5) is 0 Å². The van der Waals surface area contributed by atoms with Crippen molar-refractivity contribution in [2.45, 2.75) is 26.9 Å². The van der Waals surface area contributed by atoms with Crippen LogP contribution in [0.3, 0.4) is 0 Å². The topological polar surface area (TPSA) is 9.23 Å². The third-order valence-electron chi connectivity index (χ3n) is 2.08. The summed E-state index contributed by atoms with van der Waals surface area (Å²) in [6, 6.07) is 10.4. The second-order valence-corrected chi connectivity index (χ2v) is 3.53. The van der Waals surface area contributed by atoms with E-state index >= 15 is 0 Å². The zero-order chi connectivity index (χ0) is 9.68. The van der Waals surface area contributed by atoms with Gasteiger partial charge in [-0.15, -0.1) is 0 Å². The number of hydrogen-bond acceptors (Lipinski definition) is 1. The van der Waals surface area contributed by atoms with Crippen LogP contribution >= 0.6 is 0 Å². The summed E-state index contributed by atoms with van der Waals surface area (Å²) in [6.07, 6.45) is 0.242. The molecule has 1 atom stereocenters. The van der Waals surface area contributed by atoms with Gasteiger partial charge in [-0.05, 0) is 18.4 Å². The van der Waals surface area contributed by atoms with E-state index in [1.807, 2.05) is 13.0 Å². The molecule has 0 N–H and O–H groups in total. The van der Waals surface area contributed by atoms with Crippen LogP contribution in [0.2, 0.25) is 0 Å². The molecule has 0 aliphatic heterocycles. The van der Waals surface area contributed by atoms with Crippen LogP contribution in [0.15, 0.2) is 30.3 Å². The average Bonchev–Trinajstić information content (AvgIpc) is 2.15. The smallest absolute Gasteiger partial charge is 0.0847 e. The molecular formula is C12H18O. The minimum absolute atomic E-state index is 0.242. The maximum absolute atomic E-state index is 5.69. The summed E-state index contributed by atoms with van der Waals surface area (Å²) in [6.45, 7) is 7.19. The van der Waals surface area contributed by atoms with E-state index in [-0.39, 0.29) is 6.10 Å². The molecule has 0 bridgehead atoms. The van der Waals surface area contributed by atoms with Crippen molar-refractivity contribution in [1.82, 2.24) is 0 Å². The van der Waals surface area contributed by atoms with E-state index < -0.39 is 0 Å². The number of rotatable bonds is 4. The molecule has 1 aromatic carbocycles.